The van der Waals surface area contributed by atoms with E-state index in [0.717, 1.165) is 42.8 Å². The molecule has 4 rings (SSSR count). The van der Waals surface area contributed by atoms with E-state index in [1.807, 2.05) is 43.3 Å². The predicted octanol–water partition coefficient (Wildman–Crippen LogP) is 4.33. The fraction of sp³-hybridized carbons (Fsp3) is 0.481. The summed E-state index contributed by atoms with van der Waals surface area (Å²) in [6.45, 7) is 5.42. The Hall–Kier alpha value is -3.46. The van der Waals surface area contributed by atoms with Crippen LogP contribution in [0.3, 0.4) is 0 Å². The third-order valence-electron chi connectivity index (χ3n) is 6.25. The van der Waals surface area contributed by atoms with E-state index in [0.29, 0.717) is 55.7 Å². The van der Waals surface area contributed by atoms with Crippen molar-refractivity contribution in [3.63, 3.8) is 0 Å². The highest BCUT2D eigenvalue weighted by atomic mass is 16.5. The first-order valence-electron chi connectivity index (χ1n) is 12.5. The maximum Gasteiger partial charge on any atom is 0.305 e. The lowest BCUT2D eigenvalue weighted by atomic mass is 10.0. The molecule has 0 saturated carbocycles. The molecule has 9 heteroatoms. The van der Waals surface area contributed by atoms with Gasteiger partial charge in [0.1, 0.15) is 5.52 Å². The predicted molar refractivity (Wildman–Crippen MR) is 137 cm³/mol. The summed E-state index contributed by atoms with van der Waals surface area (Å²) in [5, 5.41) is 3.44. The molecule has 9 nitrogen and oxygen atoms in total. The zero-order valence-electron chi connectivity index (χ0n) is 21.2. The van der Waals surface area contributed by atoms with Crippen molar-refractivity contribution in [3.8, 4) is 17.2 Å². The Bertz CT molecular complexity index is 1140. The van der Waals surface area contributed by atoms with E-state index < -0.39 is 0 Å². The molecular weight excluding hydrogens is 462 g/mol. The molecule has 0 amide bonds. The van der Waals surface area contributed by atoms with Crippen LogP contribution < -0.4 is 24.4 Å². The highest BCUT2D eigenvalue weighted by molar-refractivity contribution is 5.81. The molecular formula is C27H35N3O6. The van der Waals surface area contributed by atoms with Gasteiger partial charge in [-0.1, -0.05) is 12.1 Å². The average molecular weight is 498 g/mol. The van der Waals surface area contributed by atoms with E-state index in [-0.39, 0.29) is 12.0 Å². The lowest BCUT2D eigenvalue weighted by Crippen LogP contribution is -2.43. The van der Waals surface area contributed by atoms with Gasteiger partial charge in [-0.05, 0) is 69.1 Å². The van der Waals surface area contributed by atoms with Crippen LogP contribution in [0, 0.1) is 0 Å². The molecule has 0 unspecified atom stereocenters. The summed E-state index contributed by atoms with van der Waals surface area (Å²) in [7, 11) is 3.03. The number of nitrogens with one attached hydrogen (secondary N) is 1. The number of rotatable bonds is 12. The van der Waals surface area contributed by atoms with Crippen LogP contribution in [-0.2, 0) is 16.1 Å². The quantitative estimate of drug-likeness (QED) is 0.290. The van der Waals surface area contributed by atoms with Gasteiger partial charge in [0, 0.05) is 19.0 Å². The number of fused-ring (bicyclic) bond motifs is 1. The standard InChI is InChI=1S/C27H35N3O6/c1-4-34-24-17-19(10-11-22(24)32-2)18-30(20-12-14-28-15-13-20)27-29-21-7-5-8-23(26(21)36-27)35-16-6-9-25(31)33-3/h5,7-8,10-11,17,20,28H,4,6,9,12-16,18H2,1-3H3. The number of oxazole rings is 1. The van der Waals surface area contributed by atoms with Gasteiger partial charge in [0.2, 0.25) is 0 Å². The van der Waals surface area contributed by atoms with E-state index in [4.69, 9.17) is 28.3 Å². The number of anilines is 1. The Labute approximate surface area is 211 Å². The molecule has 0 bridgehead atoms. The number of benzene rings is 2. The fourth-order valence-electron chi connectivity index (χ4n) is 4.40. The lowest BCUT2D eigenvalue weighted by molar-refractivity contribution is -0.140. The molecule has 1 saturated heterocycles. The Balaban J connectivity index is 1.59. The van der Waals surface area contributed by atoms with Crippen molar-refractivity contribution in [3.05, 3.63) is 42.0 Å². The number of ether oxygens (including phenoxy) is 4. The van der Waals surface area contributed by atoms with Crippen molar-refractivity contribution < 1.29 is 28.2 Å². The van der Waals surface area contributed by atoms with Crippen molar-refractivity contribution in [1.82, 2.24) is 10.3 Å². The van der Waals surface area contributed by atoms with Crippen molar-refractivity contribution in [2.24, 2.45) is 0 Å². The van der Waals surface area contributed by atoms with E-state index >= 15 is 0 Å². The maximum absolute atomic E-state index is 11.4. The number of hydrogen-bond donors (Lipinski definition) is 1. The van der Waals surface area contributed by atoms with Gasteiger partial charge in [-0.25, -0.2) is 0 Å². The van der Waals surface area contributed by atoms with Gasteiger partial charge in [0.25, 0.3) is 6.01 Å². The third kappa shape index (κ3) is 6.20. The highest BCUT2D eigenvalue weighted by Gasteiger charge is 2.26. The van der Waals surface area contributed by atoms with Crippen LogP contribution >= 0.6 is 0 Å². The van der Waals surface area contributed by atoms with Gasteiger partial charge < -0.3 is 33.6 Å². The number of nitrogens with zero attached hydrogens (tertiary/aromatic N) is 2. The Morgan fingerprint density at radius 3 is 2.69 bits per heavy atom. The number of para-hydroxylation sites is 1. The second-order valence-electron chi connectivity index (χ2n) is 8.66. The summed E-state index contributed by atoms with van der Waals surface area (Å²) in [5.41, 5.74) is 2.42. The summed E-state index contributed by atoms with van der Waals surface area (Å²) in [6, 6.07) is 12.5. The number of aromatic nitrogens is 1. The molecule has 0 radical (unpaired) electrons. The van der Waals surface area contributed by atoms with Crippen LogP contribution in [0.15, 0.2) is 40.8 Å². The molecule has 0 aliphatic carbocycles. The number of hydrogen-bond acceptors (Lipinski definition) is 9. The first-order chi connectivity index (χ1) is 17.6. The average Bonchev–Trinajstić information content (AvgIpc) is 3.35. The molecule has 1 aliphatic rings. The molecule has 194 valence electrons. The molecule has 1 aromatic heterocycles. The SMILES string of the molecule is CCOc1cc(CN(c2nc3cccc(OCCCC(=O)OC)c3o2)C2CCNCC2)ccc1OC. The Morgan fingerprint density at radius 2 is 1.94 bits per heavy atom. The minimum Gasteiger partial charge on any atom is -0.493 e. The summed E-state index contributed by atoms with van der Waals surface area (Å²) in [6.07, 6.45) is 2.85. The van der Waals surface area contributed by atoms with Gasteiger partial charge in [0.15, 0.2) is 22.8 Å². The topological polar surface area (TPSA) is 95.3 Å². The van der Waals surface area contributed by atoms with Gasteiger partial charge >= 0.3 is 5.97 Å². The first-order valence-corrected chi connectivity index (χ1v) is 12.5. The van der Waals surface area contributed by atoms with Crippen molar-refractivity contribution in [2.45, 2.75) is 45.2 Å². The minimum atomic E-state index is -0.248. The van der Waals surface area contributed by atoms with Crippen LogP contribution in [0.5, 0.6) is 17.2 Å². The van der Waals surface area contributed by atoms with Gasteiger partial charge in [-0.3, -0.25) is 4.79 Å². The summed E-state index contributed by atoms with van der Waals surface area (Å²) < 4.78 is 28.2. The zero-order valence-corrected chi connectivity index (χ0v) is 21.2. The summed E-state index contributed by atoms with van der Waals surface area (Å²) in [5.74, 6) is 1.81. The normalized spacial score (nSPS) is 14.0. The van der Waals surface area contributed by atoms with Gasteiger partial charge in [0.05, 0.1) is 27.4 Å². The highest BCUT2D eigenvalue weighted by Crippen LogP contribution is 2.34. The molecule has 1 N–H and O–H groups in total. The number of carbonyl (C=O) groups is 1. The van der Waals surface area contributed by atoms with E-state index in [1.54, 1.807) is 7.11 Å². The number of methoxy groups -OCH3 is 2. The van der Waals surface area contributed by atoms with Crippen LogP contribution in [-0.4, -0.2) is 57.5 Å². The van der Waals surface area contributed by atoms with Gasteiger partial charge in [-0.2, -0.15) is 4.98 Å². The molecule has 2 heterocycles. The zero-order chi connectivity index (χ0) is 25.3. The molecule has 0 spiro atoms. The molecule has 1 fully saturated rings. The monoisotopic (exact) mass is 497 g/mol. The minimum absolute atomic E-state index is 0.248. The molecule has 0 atom stereocenters. The lowest BCUT2D eigenvalue weighted by Gasteiger charge is -2.33. The van der Waals surface area contributed by atoms with Crippen LogP contribution in [0.1, 0.15) is 38.2 Å². The summed E-state index contributed by atoms with van der Waals surface area (Å²) in [4.78, 5) is 18.4. The van der Waals surface area contributed by atoms with E-state index in [9.17, 15) is 4.79 Å². The third-order valence-corrected chi connectivity index (χ3v) is 6.25. The van der Waals surface area contributed by atoms with Crippen LogP contribution in [0.4, 0.5) is 6.01 Å². The fourth-order valence-corrected chi connectivity index (χ4v) is 4.40. The molecule has 3 aromatic rings. The van der Waals surface area contributed by atoms with Crippen molar-refractivity contribution in [2.75, 3.05) is 45.4 Å². The molecule has 36 heavy (non-hydrogen) atoms. The number of piperidine rings is 1. The van der Waals surface area contributed by atoms with Gasteiger partial charge in [-0.15, -0.1) is 0 Å². The molecule has 1 aliphatic heterocycles. The Morgan fingerprint density at radius 1 is 1.11 bits per heavy atom. The van der Waals surface area contributed by atoms with Crippen molar-refractivity contribution in [1.29, 1.82) is 0 Å². The Kier molecular flexibility index (Phi) is 8.89. The van der Waals surface area contributed by atoms with Crippen LogP contribution in [0.2, 0.25) is 0 Å². The molecule has 2 aromatic carbocycles. The van der Waals surface area contributed by atoms with Crippen molar-refractivity contribution >= 4 is 23.1 Å². The van der Waals surface area contributed by atoms with E-state index in [1.165, 1.54) is 7.11 Å². The smallest absolute Gasteiger partial charge is 0.305 e. The maximum atomic E-state index is 11.4. The van der Waals surface area contributed by atoms with Crippen LogP contribution in [0.25, 0.3) is 11.1 Å². The van der Waals surface area contributed by atoms with E-state index in [2.05, 4.69) is 10.2 Å². The number of carbonyl (C=O) groups excluding carboxylic acids is 1. The first kappa shape index (κ1) is 25.6. The second-order valence-corrected chi connectivity index (χ2v) is 8.66. The second kappa shape index (κ2) is 12.5. The summed E-state index contributed by atoms with van der Waals surface area (Å²) >= 11 is 0. The number of esters is 1. The largest absolute Gasteiger partial charge is 0.493 e.